The van der Waals surface area contributed by atoms with Crippen LogP contribution in [0.1, 0.15) is 17.3 Å². The Morgan fingerprint density at radius 3 is 2.57 bits per heavy atom. The lowest BCUT2D eigenvalue weighted by molar-refractivity contribution is 0.112. The van der Waals surface area contributed by atoms with Crippen LogP contribution in [0.3, 0.4) is 0 Å². The number of benzene rings is 2. The van der Waals surface area contributed by atoms with Crippen LogP contribution in [0.4, 0.5) is 0 Å². The Labute approximate surface area is 129 Å². The number of hydrogen-bond donors (Lipinski definition) is 0. The number of carbonyl (C=O) groups excluding carboxylic acids is 1. The lowest BCUT2D eigenvalue weighted by Crippen LogP contribution is -2.03. The summed E-state index contributed by atoms with van der Waals surface area (Å²) in [5, 5.41) is 0. The van der Waals surface area contributed by atoms with E-state index in [9.17, 15) is 4.79 Å². The predicted molar refractivity (Wildman–Crippen MR) is 85.7 cm³/mol. The monoisotopic (exact) mass is 302 g/mol. The highest BCUT2D eigenvalue weighted by molar-refractivity contribution is 7.99. The first kappa shape index (κ1) is 15.4. The first-order valence-corrected chi connectivity index (χ1v) is 7.84. The normalized spacial score (nSPS) is 10.1. The van der Waals surface area contributed by atoms with Crippen molar-refractivity contribution in [2.24, 2.45) is 0 Å². The second-order valence-corrected chi connectivity index (χ2v) is 5.44. The van der Waals surface area contributed by atoms with Gasteiger partial charge in [-0.2, -0.15) is 0 Å². The summed E-state index contributed by atoms with van der Waals surface area (Å²) in [5.74, 6) is 2.15. The van der Waals surface area contributed by atoms with E-state index in [0.717, 1.165) is 12.0 Å². The molecular weight excluding hydrogens is 284 g/mol. The van der Waals surface area contributed by atoms with E-state index in [4.69, 9.17) is 9.47 Å². The van der Waals surface area contributed by atoms with Crippen LogP contribution in [0, 0.1) is 0 Å². The summed E-state index contributed by atoms with van der Waals surface area (Å²) >= 11 is 1.74. The molecule has 21 heavy (non-hydrogen) atoms. The van der Waals surface area contributed by atoms with E-state index in [1.807, 2.05) is 25.1 Å². The van der Waals surface area contributed by atoms with Gasteiger partial charge in [-0.1, -0.05) is 18.2 Å². The molecule has 0 aliphatic carbocycles. The molecule has 4 heteroatoms. The van der Waals surface area contributed by atoms with Crippen molar-refractivity contribution in [3.63, 3.8) is 0 Å². The topological polar surface area (TPSA) is 35.5 Å². The van der Waals surface area contributed by atoms with E-state index >= 15 is 0 Å². The zero-order chi connectivity index (χ0) is 14.9. The first-order valence-electron chi connectivity index (χ1n) is 6.86. The number of thioether (sulfide) groups is 1. The molecule has 0 heterocycles. The van der Waals surface area contributed by atoms with Crippen LogP contribution in [0.5, 0.6) is 11.5 Å². The third kappa shape index (κ3) is 4.83. The van der Waals surface area contributed by atoms with Crippen LogP contribution in [0.25, 0.3) is 0 Å². The third-order valence-corrected chi connectivity index (χ3v) is 3.73. The van der Waals surface area contributed by atoms with Crippen molar-refractivity contribution < 1.29 is 14.3 Å². The highest BCUT2D eigenvalue weighted by Crippen LogP contribution is 2.28. The van der Waals surface area contributed by atoms with Crippen LogP contribution >= 0.6 is 11.8 Å². The fraction of sp³-hybridized carbons (Fsp3) is 0.235. The van der Waals surface area contributed by atoms with Gasteiger partial charge < -0.3 is 9.47 Å². The van der Waals surface area contributed by atoms with Gasteiger partial charge in [0.1, 0.15) is 6.29 Å². The van der Waals surface area contributed by atoms with E-state index in [-0.39, 0.29) is 0 Å². The molecule has 0 aromatic heterocycles. The van der Waals surface area contributed by atoms with Crippen molar-refractivity contribution in [1.29, 1.82) is 0 Å². The number of rotatable bonds is 8. The van der Waals surface area contributed by atoms with Gasteiger partial charge in [-0.3, -0.25) is 4.79 Å². The minimum absolute atomic E-state index is 0.539. The van der Waals surface area contributed by atoms with Gasteiger partial charge in [0, 0.05) is 16.2 Å². The number of hydrogen-bond acceptors (Lipinski definition) is 4. The summed E-state index contributed by atoms with van der Waals surface area (Å²) in [4.78, 5) is 12.0. The molecule has 0 radical (unpaired) electrons. The Morgan fingerprint density at radius 2 is 1.86 bits per heavy atom. The van der Waals surface area contributed by atoms with E-state index in [1.54, 1.807) is 30.0 Å². The van der Waals surface area contributed by atoms with Crippen molar-refractivity contribution in [3.8, 4) is 11.5 Å². The lowest BCUT2D eigenvalue weighted by Gasteiger charge is -2.12. The maximum Gasteiger partial charge on any atom is 0.161 e. The highest BCUT2D eigenvalue weighted by atomic mass is 32.2. The molecule has 0 saturated heterocycles. The SMILES string of the molecule is CCOc1cc(C=O)ccc1OCCSc1ccccc1. The maximum absolute atomic E-state index is 10.8. The molecule has 0 amide bonds. The van der Waals surface area contributed by atoms with Gasteiger partial charge in [0.2, 0.25) is 0 Å². The van der Waals surface area contributed by atoms with Gasteiger partial charge in [-0.15, -0.1) is 11.8 Å². The average Bonchev–Trinajstić information content (AvgIpc) is 2.54. The molecule has 0 N–H and O–H groups in total. The molecule has 0 fully saturated rings. The molecule has 0 spiro atoms. The van der Waals surface area contributed by atoms with Gasteiger partial charge in [0.25, 0.3) is 0 Å². The van der Waals surface area contributed by atoms with E-state index in [2.05, 4.69) is 12.1 Å². The lowest BCUT2D eigenvalue weighted by atomic mass is 10.2. The van der Waals surface area contributed by atoms with Crippen LogP contribution in [0.2, 0.25) is 0 Å². The quantitative estimate of drug-likeness (QED) is 0.418. The molecule has 2 aromatic rings. The van der Waals surface area contributed by atoms with E-state index in [0.29, 0.717) is 30.3 Å². The summed E-state index contributed by atoms with van der Waals surface area (Å²) in [6.45, 7) is 3.03. The van der Waals surface area contributed by atoms with Crippen molar-refractivity contribution >= 4 is 18.0 Å². The van der Waals surface area contributed by atoms with Gasteiger partial charge >= 0.3 is 0 Å². The largest absolute Gasteiger partial charge is 0.490 e. The summed E-state index contributed by atoms with van der Waals surface area (Å²) in [7, 11) is 0. The minimum atomic E-state index is 0.539. The number of ether oxygens (including phenoxy) is 2. The summed E-state index contributed by atoms with van der Waals surface area (Å²) in [6.07, 6.45) is 0.803. The zero-order valence-electron chi connectivity index (χ0n) is 12.0. The molecule has 0 aliphatic heterocycles. The van der Waals surface area contributed by atoms with Crippen molar-refractivity contribution in [3.05, 3.63) is 54.1 Å². The molecule has 3 nitrogen and oxygen atoms in total. The van der Waals surface area contributed by atoms with Crippen molar-refractivity contribution in [2.45, 2.75) is 11.8 Å². The van der Waals surface area contributed by atoms with Crippen LogP contribution in [-0.4, -0.2) is 25.3 Å². The number of aldehydes is 1. The third-order valence-electron chi connectivity index (χ3n) is 2.76. The molecule has 0 atom stereocenters. The van der Waals surface area contributed by atoms with Gasteiger partial charge in [0.15, 0.2) is 11.5 Å². The smallest absolute Gasteiger partial charge is 0.161 e. The molecule has 0 unspecified atom stereocenters. The fourth-order valence-electron chi connectivity index (χ4n) is 1.81. The Balaban J connectivity index is 1.88. The van der Waals surface area contributed by atoms with Crippen molar-refractivity contribution in [2.75, 3.05) is 19.0 Å². The van der Waals surface area contributed by atoms with Gasteiger partial charge in [-0.05, 0) is 37.3 Å². The standard InChI is InChI=1S/C17H18O3S/c1-2-19-17-12-14(13-18)8-9-16(17)20-10-11-21-15-6-4-3-5-7-15/h3-9,12-13H,2,10-11H2,1H3. The molecule has 110 valence electrons. The Kier molecular flexibility index (Phi) is 6.16. The maximum atomic E-state index is 10.8. The van der Waals surface area contributed by atoms with Crippen molar-refractivity contribution in [1.82, 2.24) is 0 Å². The Morgan fingerprint density at radius 1 is 1.05 bits per heavy atom. The predicted octanol–water partition coefficient (Wildman–Crippen LogP) is 4.07. The van der Waals surface area contributed by atoms with E-state index in [1.165, 1.54) is 4.90 Å². The van der Waals surface area contributed by atoms with Gasteiger partial charge in [0.05, 0.1) is 13.2 Å². The van der Waals surface area contributed by atoms with Gasteiger partial charge in [-0.25, -0.2) is 0 Å². The fourth-order valence-corrected chi connectivity index (χ4v) is 2.57. The molecule has 0 aliphatic rings. The van der Waals surface area contributed by atoms with Crippen LogP contribution in [-0.2, 0) is 0 Å². The zero-order valence-corrected chi connectivity index (χ0v) is 12.8. The van der Waals surface area contributed by atoms with E-state index < -0.39 is 0 Å². The molecular formula is C17H18O3S. The molecule has 2 rings (SSSR count). The molecule has 0 bridgehead atoms. The summed E-state index contributed by atoms with van der Waals surface area (Å²) in [6, 6.07) is 15.4. The van der Waals surface area contributed by atoms with Crippen LogP contribution < -0.4 is 9.47 Å². The minimum Gasteiger partial charge on any atom is -0.490 e. The average molecular weight is 302 g/mol. The highest BCUT2D eigenvalue weighted by Gasteiger charge is 2.06. The van der Waals surface area contributed by atoms with Crippen LogP contribution in [0.15, 0.2) is 53.4 Å². The molecule has 0 saturated carbocycles. The Bertz CT molecular complexity index is 570. The summed E-state index contributed by atoms with van der Waals surface area (Å²) < 4.78 is 11.3. The second-order valence-electron chi connectivity index (χ2n) is 4.27. The number of carbonyl (C=O) groups is 1. The first-order chi connectivity index (χ1) is 10.3. The second kappa shape index (κ2) is 8.37. The summed E-state index contributed by atoms with van der Waals surface area (Å²) in [5.41, 5.74) is 0.587. The molecule has 2 aromatic carbocycles. The Hall–Kier alpha value is -1.94.